The molecular weight excluding hydrogens is 633 g/mol. The van der Waals surface area contributed by atoms with E-state index < -0.39 is 22.8 Å². The first kappa shape index (κ1) is 33.3. The zero-order valence-corrected chi connectivity index (χ0v) is 28.4. The van der Waals surface area contributed by atoms with Gasteiger partial charge in [-0.25, -0.2) is 9.07 Å². The van der Waals surface area contributed by atoms with Crippen LogP contribution in [0.3, 0.4) is 0 Å². The Hall–Kier alpha value is -4.65. The van der Waals surface area contributed by atoms with Gasteiger partial charge in [-0.3, -0.25) is 24.0 Å². The summed E-state index contributed by atoms with van der Waals surface area (Å²) < 4.78 is 25.1. The average molecular weight is 672 g/mol. The molecule has 1 aliphatic rings. The number of fused-ring (bicyclic) bond motifs is 1. The number of benzene rings is 2. The van der Waals surface area contributed by atoms with Gasteiger partial charge in [-0.1, -0.05) is 24.3 Å². The summed E-state index contributed by atoms with van der Waals surface area (Å²) in [5, 5.41) is 10.6. The van der Waals surface area contributed by atoms with E-state index in [2.05, 4.69) is 9.88 Å². The van der Waals surface area contributed by atoms with Crippen molar-refractivity contribution in [2.75, 3.05) is 27.2 Å². The predicted octanol–water partition coefficient (Wildman–Crippen LogP) is 5.46. The summed E-state index contributed by atoms with van der Waals surface area (Å²) >= 11 is 1.26. The summed E-state index contributed by atoms with van der Waals surface area (Å²) in [6.45, 7) is 6.34. The fourth-order valence-electron chi connectivity index (χ4n) is 6.09. The number of pyridine rings is 1. The number of likely N-dealkylation sites (N-methyl/N-ethyl adjacent to an activating group) is 1. The van der Waals surface area contributed by atoms with Crippen LogP contribution in [0.4, 0.5) is 4.39 Å². The smallest absolute Gasteiger partial charge is 0.282 e. The fraction of sp³-hybridized carbons (Fsp3) is 0.333. The van der Waals surface area contributed by atoms with Crippen molar-refractivity contribution in [1.82, 2.24) is 24.1 Å². The largest absolute Gasteiger partial charge is 0.453 e. The number of rotatable bonds is 10. The highest BCUT2D eigenvalue weighted by molar-refractivity contribution is 7.21. The maximum Gasteiger partial charge on any atom is 0.282 e. The monoisotopic (exact) mass is 671 g/mol. The number of aromatic nitrogens is 3. The number of ketones is 1. The molecule has 250 valence electrons. The fourth-order valence-corrected chi connectivity index (χ4v) is 7.12. The van der Waals surface area contributed by atoms with E-state index >= 15 is 4.39 Å². The molecule has 1 saturated heterocycles. The van der Waals surface area contributed by atoms with E-state index in [9.17, 15) is 19.5 Å². The zero-order chi connectivity index (χ0) is 34.3. The third-order valence-corrected chi connectivity index (χ3v) is 9.69. The number of carbonyl (C=O) groups excluding carboxylic acids is 2. The zero-order valence-electron chi connectivity index (χ0n) is 27.6. The summed E-state index contributed by atoms with van der Waals surface area (Å²) in [5.41, 5.74) is 0.242. The molecule has 0 radical (unpaired) electrons. The van der Waals surface area contributed by atoms with Gasteiger partial charge in [0.2, 0.25) is 0 Å². The van der Waals surface area contributed by atoms with Gasteiger partial charge in [0.1, 0.15) is 11.3 Å². The molecule has 6 rings (SSSR count). The number of hydrogen-bond donors (Lipinski definition) is 1. The standard InChI is InChI=1S/C36H38FN5O5S/c1-22-32(35(45)42(24-9-7-6-8-10-24)41(22)21-36(2,3)46)28(43)18-23-11-12-29(26(37)17-23)47-30-13-15-38-27-19-31(48-33(27)30)34(44)40-16-14-25(20-40)39(4)5/h6-13,15,17,19,25,46H,14,16,18,20-21H2,1-5H3. The minimum atomic E-state index is -1.16. The SMILES string of the molecule is Cc1c(C(=O)Cc2ccc(Oc3ccnc4cc(C(=O)N5CCC(N(C)C)C5)sc34)c(F)c2)c(=O)n(-c2ccccc2)n1CC(C)(C)O. The summed E-state index contributed by atoms with van der Waals surface area (Å²) in [7, 11) is 4.02. The van der Waals surface area contributed by atoms with Gasteiger partial charge in [-0.2, -0.15) is 0 Å². The number of hydrogen-bond acceptors (Lipinski definition) is 8. The van der Waals surface area contributed by atoms with E-state index in [-0.39, 0.29) is 30.2 Å². The number of thiophene rings is 1. The number of halogens is 1. The van der Waals surface area contributed by atoms with Gasteiger partial charge in [0.15, 0.2) is 17.3 Å². The van der Waals surface area contributed by atoms with Gasteiger partial charge in [-0.05, 0) is 77.2 Å². The second kappa shape index (κ2) is 13.1. The number of likely N-dealkylation sites (tertiary alicyclic amines) is 1. The highest BCUT2D eigenvalue weighted by Gasteiger charge is 2.30. The third-order valence-electron chi connectivity index (χ3n) is 8.56. The van der Waals surface area contributed by atoms with Crippen molar-refractivity contribution in [2.45, 2.75) is 51.8 Å². The molecule has 0 saturated carbocycles. The van der Waals surface area contributed by atoms with Crippen LogP contribution in [0.5, 0.6) is 11.5 Å². The van der Waals surface area contributed by atoms with Crippen LogP contribution < -0.4 is 10.3 Å². The molecule has 1 unspecified atom stereocenters. The number of aliphatic hydroxyl groups is 1. The Balaban J connectivity index is 1.22. The molecule has 1 fully saturated rings. The average Bonchev–Trinajstić information content (AvgIpc) is 3.75. The van der Waals surface area contributed by atoms with Gasteiger partial charge < -0.3 is 19.6 Å². The molecule has 0 bridgehead atoms. The van der Waals surface area contributed by atoms with Crippen molar-refractivity contribution in [3.05, 3.63) is 105 Å². The lowest BCUT2D eigenvalue weighted by Crippen LogP contribution is -2.34. The molecular formula is C36H38FN5O5S. The second-order valence-corrected chi connectivity index (χ2v) is 14.1. The van der Waals surface area contributed by atoms with Crippen LogP contribution in [0.1, 0.15) is 51.6 Å². The maximum absolute atomic E-state index is 15.5. The Bertz CT molecular complexity index is 2060. The van der Waals surface area contributed by atoms with Crippen molar-refractivity contribution < 1.29 is 23.8 Å². The highest BCUT2D eigenvalue weighted by atomic mass is 32.1. The number of carbonyl (C=O) groups is 2. The van der Waals surface area contributed by atoms with Crippen molar-refractivity contribution in [3.63, 3.8) is 0 Å². The molecule has 1 N–H and O–H groups in total. The molecule has 3 aromatic heterocycles. The molecule has 0 spiro atoms. The first-order valence-corrected chi connectivity index (χ1v) is 16.6. The first-order chi connectivity index (χ1) is 22.8. The van der Waals surface area contributed by atoms with Gasteiger partial charge >= 0.3 is 0 Å². The van der Waals surface area contributed by atoms with Gasteiger partial charge in [0.05, 0.1) is 32.9 Å². The maximum atomic E-state index is 15.5. The van der Waals surface area contributed by atoms with E-state index in [1.165, 1.54) is 28.2 Å². The Morgan fingerprint density at radius 3 is 2.52 bits per heavy atom. The molecule has 2 aromatic carbocycles. The van der Waals surface area contributed by atoms with Crippen LogP contribution in [-0.4, -0.2) is 79.8 Å². The van der Waals surface area contributed by atoms with Crippen molar-refractivity contribution in [2.24, 2.45) is 0 Å². The Labute approximate surface area is 281 Å². The highest BCUT2D eigenvalue weighted by Crippen LogP contribution is 2.36. The van der Waals surface area contributed by atoms with E-state index in [0.717, 1.165) is 6.42 Å². The summed E-state index contributed by atoms with van der Waals surface area (Å²) in [6, 6.07) is 16.9. The van der Waals surface area contributed by atoms with Gasteiger partial charge in [-0.15, -0.1) is 11.3 Å². The van der Waals surface area contributed by atoms with Crippen LogP contribution in [0.15, 0.2) is 71.7 Å². The number of nitrogens with zero attached hydrogens (tertiary/aromatic N) is 5. The van der Waals surface area contributed by atoms with Crippen LogP contribution >= 0.6 is 11.3 Å². The van der Waals surface area contributed by atoms with E-state index in [1.54, 1.807) is 74.1 Å². The Morgan fingerprint density at radius 1 is 1.10 bits per heavy atom. The van der Waals surface area contributed by atoms with E-state index in [0.29, 0.717) is 56.9 Å². The topological polar surface area (TPSA) is 110 Å². The minimum absolute atomic E-state index is 0.0165. The Morgan fingerprint density at radius 2 is 1.85 bits per heavy atom. The van der Waals surface area contributed by atoms with Crippen LogP contribution in [-0.2, 0) is 13.0 Å². The molecule has 5 aromatic rings. The van der Waals surface area contributed by atoms with Gasteiger partial charge in [0, 0.05) is 43.5 Å². The quantitative estimate of drug-likeness (QED) is 0.197. The second-order valence-electron chi connectivity index (χ2n) is 13.0. The molecule has 0 aliphatic carbocycles. The minimum Gasteiger partial charge on any atom is -0.453 e. The van der Waals surface area contributed by atoms with Crippen LogP contribution in [0.25, 0.3) is 15.9 Å². The number of para-hydroxylation sites is 1. The molecule has 12 heteroatoms. The van der Waals surface area contributed by atoms with Gasteiger partial charge in [0.25, 0.3) is 11.5 Å². The summed E-state index contributed by atoms with van der Waals surface area (Å²) in [5.74, 6) is -0.888. The summed E-state index contributed by atoms with van der Waals surface area (Å²) in [6.07, 6.45) is 2.25. The first-order valence-electron chi connectivity index (χ1n) is 15.7. The molecule has 48 heavy (non-hydrogen) atoms. The number of ether oxygens (including phenoxy) is 1. The van der Waals surface area contributed by atoms with E-state index in [4.69, 9.17) is 4.74 Å². The van der Waals surface area contributed by atoms with Crippen molar-refractivity contribution in [1.29, 1.82) is 0 Å². The molecule has 1 aliphatic heterocycles. The van der Waals surface area contributed by atoms with Crippen LogP contribution in [0, 0.1) is 12.7 Å². The predicted molar refractivity (Wildman–Crippen MR) is 183 cm³/mol. The Kier molecular flexibility index (Phi) is 9.08. The molecule has 1 amide bonds. The normalized spacial score (nSPS) is 15.1. The number of amides is 1. The lowest BCUT2D eigenvalue weighted by molar-refractivity contribution is 0.0545. The third kappa shape index (κ3) is 6.69. The lowest BCUT2D eigenvalue weighted by Gasteiger charge is -2.22. The van der Waals surface area contributed by atoms with Crippen molar-refractivity contribution >= 4 is 33.2 Å². The molecule has 1 atom stereocenters. The molecule has 10 nitrogen and oxygen atoms in total. The number of Topliss-reactive ketones (excluding diaryl/α,β-unsaturated/α-hetero) is 1. The molecule has 4 heterocycles. The van der Waals surface area contributed by atoms with Crippen molar-refractivity contribution in [3.8, 4) is 17.2 Å². The van der Waals surface area contributed by atoms with Crippen LogP contribution in [0.2, 0.25) is 0 Å². The van der Waals surface area contributed by atoms with E-state index in [1.807, 2.05) is 25.1 Å². The lowest BCUT2D eigenvalue weighted by atomic mass is 10.0. The summed E-state index contributed by atoms with van der Waals surface area (Å²) in [4.78, 5) is 49.4.